The van der Waals surface area contributed by atoms with E-state index in [2.05, 4.69) is 6.58 Å². The second kappa shape index (κ2) is 4.81. The van der Waals surface area contributed by atoms with Crippen LogP contribution in [0.5, 0.6) is 0 Å². The molecule has 0 radical (unpaired) electrons. The van der Waals surface area contributed by atoms with Crippen molar-refractivity contribution in [3.8, 4) is 0 Å². The zero-order chi connectivity index (χ0) is 14.3. The van der Waals surface area contributed by atoms with Crippen molar-refractivity contribution in [2.45, 2.75) is 37.5 Å². The third-order valence-corrected chi connectivity index (χ3v) is 4.51. The van der Waals surface area contributed by atoms with Crippen molar-refractivity contribution < 1.29 is 27.8 Å². The van der Waals surface area contributed by atoms with Crippen molar-refractivity contribution in [3.05, 3.63) is 12.7 Å². The van der Waals surface area contributed by atoms with Gasteiger partial charge < -0.3 is 9.84 Å². The Morgan fingerprint density at radius 3 is 2.68 bits per heavy atom. The van der Waals surface area contributed by atoms with Crippen molar-refractivity contribution in [1.82, 2.24) is 0 Å². The number of ether oxygens (including phenoxy) is 1. The molecule has 4 atom stereocenters. The van der Waals surface area contributed by atoms with Crippen molar-refractivity contribution in [2.75, 3.05) is 6.61 Å². The topological polar surface area (TPSA) is 46.5 Å². The molecule has 2 saturated carbocycles. The highest BCUT2D eigenvalue weighted by atomic mass is 19.4. The first-order valence-electron chi connectivity index (χ1n) is 6.38. The van der Waals surface area contributed by atoms with Gasteiger partial charge >= 0.3 is 12.1 Å². The number of carbonyl (C=O) groups excluding carboxylic acids is 1. The number of esters is 1. The molecule has 19 heavy (non-hydrogen) atoms. The molecule has 0 aromatic carbocycles. The van der Waals surface area contributed by atoms with Gasteiger partial charge in [-0.2, -0.15) is 13.2 Å². The minimum absolute atomic E-state index is 0.0798. The summed E-state index contributed by atoms with van der Waals surface area (Å²) in [6, 6.07) is 0. The zero-order valence-electron chi connectivity index (χ0n) is 10.4. The highest BCUT2D eigenvalue weighted by Gasteiger charge is 2.67. The summed E-state index contributed by atoms with van der Waals surface area (Å²) >= 11 is 0. The summed E-state index contributed by atoms with van der Waals surface area (Å²) in [5.41, 5.74) is -2.55. The van der Waals surface area contributed by atoms with Gasteiger partial charge in [0, 0.05) is 6.08 Å². The number of carbonyl (C=O) groups is 1. The normalized spacial score (nSPS) is 37.4. The molecule has 0 spiro atoms. The first-order valence-corrected chi connectivity index (χ1v) is 6.38. The molecule has 0 heterocycles. The van der Waals surface area contributed by atoms with Crippen LogP contribution in [0, 0.1) is 17.8 Å². The van der Waals surface area contributed by atoms with Crippen LogP contribution in [0.4, 0.5) is 13.2 Å². The van der Waals surface area contributed by atoms with Gasteiger partial charge in [-0.15, -0.1) is 0 Å². The molecule has 3 nitrogen and oxygen atoms in total. The predicted octanol–water partition coefficient (Wildman–Crippen LogP) is 2.45. The zero-order valence-corrected chi connectivity index (χ0v) is 10.4. The van der Waals surface area contributed by atoms with Gasteiger partial charge in [0.05, 0.1) is 6.61 Å². The SMILES string of the molecule is C=CC(=O)OCCC1C2CCC1C(O)(C(F)(F)F)C2. The maximum Gasteiger partial charge on any atom is 0.417 e. The maximum absolute atomic E-state index is 12.9. The average Bonchev–Trinajstić information content (AvgIpc) is 2.83. The number of hydrogen-bond donors (Lipinski definition) is 1. The summed E-state index contributed by atoms with van der Waals surface area (Å²) in [6.07, 6.45) is -2.31. The van der Waals surface area contributed by atoms with Crippen molar-refractivity contribution in [2.24, 2.45) is 17.8 Å². The van der Waals surface area contributed by atoms with Crippen molar-refractivity contribution >= 4 is 5.97 Å². The molecule has 0 amide bonds. The van der Waals surface area contributed by atoms with Crippen LogP contribution in [0.2, 0.25) is 0 Å². The maximum atomic E-state index is 12.9. The van der Waals surface area contributed by atoms with Crippen LogP contribution in [0.25, 0.3) is 0 Å². The molecule has 108 valence electrons. The van der Waals surface area contributed by atoms with E-state index in [1.54, 1.807) is 0 Å². The quantitative estimate of drug-likeness (QED) is 0.634. The highest BCUT2D eigenvalue weighted by molar-refractivity contribution is 5.81. The molecule has 2 bridgehead atoms. The Labute approximate surface area is 109 Å². The van der Waals surface area contributed by atoms with Gasteiger partial charge in [0.2, 0.25) is 0 Å². The van der Waals surface area contributed by atoms with Crippen LogP contribution in [-0.2, 0) is 9.53 Å². The Bertz CT molecular complexity index is 380. The van der Waals surface area contributed by atoms with Crippen molar-refractivity contribution in [1.29, 1.82) is 0 Å². The van der Waals surface area contributed by atoms with Crippen LogP contribution in [0.3, 0.4) is 0 Å². The molecule has 2 rings (SSSR count). The molecule has 2 fully saturated rings. The smallest absolute Gasteiger partial charge is 0.417 e. The van der Waals surface area contributed by atoms with E-state index < -0.39 is 23.7 Å². The lowest BCUT2D eigenvalue weighted by atomic mass is 9.82. The van der Waals surface area contributed by atoms with Gasteiger partial charge in [0.25, 0.3) is 0 Å². The fourth-order valence-electron chi connectivity index (χ4n) is 3.67. The minimum Gasteiger partial charge on any atom is -0.463 e. The highest BCUT2D eigenvalue weighted by Crippen LogP contribution is 2.60. The lowest BCUT2D eigenvalue weighted by Crippen LogP contribution is -2.49. The van der Waals surface area contributed by atoms with E-state index in [9.17, 15) is 23.1 Å². The fraction of sp³-hybridized carbons (Fsp3) is 0.769. The van der Waals surface area contributed by atoms with E-state index in [0.717, 1.165) is 6.08 Å². The second-order valence-electron chi connectivity index (χ2n) is 5.39. The Kier molecular flexibility index (Phi) is 3.64. The molecule has 1 N–H and O–H groups in total. The molecule has 0 aromatic rings. The molecule has 0 aromatic heterocycles. The molecule has 6 heteroatoms. The van der Waals surface area contributed by atoms with Gasteiger partial charge in [-0.3, -0.25) is 0 Å². The molecule has 0 aliphatic heterocycles. The first-order chi connectivity index (χ1) is 8.79. The predicted molar refractivity (Wildman–Crippen MR) is 61.1 cm³/mol. The third kappa shape index (κ3) is 2.38. The minimum atomic E-state index is -4.58. The Balaban J connectivity index is 1.98. The first kappa shape index (κ1) is 14.4. The van der Waals surface area contributed by atoms with E-state index >= 15 is 0 Å². The van der Waals surface area contributed by atoms with Crippen molar-refractivity contribution in [3.63, 3.8) is 0 Å². The molecule has 2 aliphatic carbocycles. The van der Waals surface area contributed by atoms with E-state index in [1.807, 2.05) is 0 Å². The molecular formula is C13H17F3O3. The summed E-state index contributed by atoms with van der Waals surface area (Å²) in [5, 5.41) is 9.89. The van der Waals surface area contributed by atoms with Gasteiger partial charge in [0.15, 0.2) is 5.60 Å². The van der Waals surface area contributed by atoms with Crippen LogP contribution >= 0.6 is 0 Å². The lowest BCUT2D eigenvalue weighted by Gasteiger charge is -2.34. The second-order valence-corrected chi connectivity index (χ2v) is 5.39. The molecular weight excluding hydrogens is 261 g/mol. The number of fused-ring (bicyclic) bond motifs is 2. The summed E-state index contributed by atoms with van der Waals surface area (Å²) in [7, 11) is 0. The number of halogens is 3. The summed E-state index contributed by atoms with van der Waals surface area (Å²) in [6.45, 7) is 3.33. The number of rotatable bonds is 4. The number of aliphatic hydroxyl groups is 1. The summed E-state index contributed by atoms with van der Waals surface area (Å²) < 4.78 is 43.6. The summed E-state index contributed by atoms with van der Waals surface area (Å²) in [4.78, 5) is 10.9. The van der Waals surface area contributed by atoms with Crippen LogP contribution in [0.1, 0.15) is 25.7 Å². The van der Waals surface area contributed by atoms with Crippen LogP contribution < -0.4 is 0 Å². The van der Waals surface area contributed by atoms with Gasteiger partial charge in [-0.1, -0.05) is 6.58 Å². The monoisotopic (exact) mass is 278 g/mol. The van der Waals surface area contributed by atoms with Crippen LogP contribution in [-0.4, -0.2) is 29.5 Å². The Morgan fingerprint density at radius 2 is 2.16 bits per heavy atom. The van der Waals surface area contributed by atoms with E-state index in [4.69, 9.17) is 4.74 Å². The molecule has 2 aliphatic rings. The number of hydrogen-bond acceptors (Lipinski definition) is 3. The Morgan fingerprint density at radius 1 is 1.47 bits per heavy atom. The largest absolute Gasteiger partial charge is 0.463 e. The molecule has 4 unspecified atom stereocenters. The van der Waals surface area contributed by atoms with Crippen LogP contribution in [0.15, 0.2) is 12.7 Å². The lowest BCUT2D eigenvalue weighted by molar-refractivity contribution is -0.278. The van der Waals surface area contributed by atoms with E-state index in [1.165, 1.54) is 0 Å². The van der Waals surface area contributed by atoms with Gasteiger partial charge in [0.1, 0.15) is 0 Å². The molecule has 0 saturated heterocycles. The van der Waals surface area contributed by atoms with E-state index in [-0.39, 0.29) is 24.9 Å². The number of alkyl halides is 3. The standard InChI is InChI=1S/C13H17F3O3/c1-2-11(17)19-6-5-9-8-3-4-10(9)12(18,7-8)13(14,15)16/h2,8-10,18H,1,3-7H2. The summed E-state index contributed by atoms with van der Waals surface area (Å²) in [5.74, 6) is -1.68. The van der Waals surface area contributed by atoms with Gasteiger partial charge in [-0.25, -0.2) is 4.79 Å². The average molecular weight is 278 g/mol. The van der Waals surface area contributed by atoms with E-state index in [0.29, 0.717) is 19.3 Å². The Hall–Kier alpha value is -1.04. The third-order valence-electron chi connectivity index (χ3n) is 4.51. The fourth-order valence-corrected chi connectivity index (χ4v) is 3.67. The van der Waals surface area contributed by atoms with Gasteiger partial charge in [-0.05, 0) is 43.4 Å².